The average Bonchev–Trinajstić information content (AvgIpc) is 3.00. The lowest BCUT2D eigenvalue weighted by Crippen LogP contribution is -2.37. The van der Waals surface area contributed by atoms with Crippen molar-refractivity contribution < 1.29 is 0 Å². The number of anilines is 1. The summed E-state index contributed by atoms with van der Waals surface area (Å²) in [6.07, 6.45) is -0.00959. The Balaban J connectivity index is 1.25. The summed E-state index contributed by atoms with van der Waals surface area (Å²) < 4.78 is 0. The number of para-hydroxylation sites is 1. The zero-order valence-corrected chi connectivity index (χ0v) is 21.1. The van der Waals surface area contributed by atoms with Gasteiger partial charge < -0.3 is 11.1 Å². The van der Waals surface area contributed by atoms with Gasteiger partial charge in [0.25, 0.3) is 0 Å². The Morgan fingerprint density at radius 1 is 0.553 bits per heavy atom. The van der Waals surface area contributed by atoms with Gasteiger partial charge in [0.05, 0.1) is 6.04 Å². The van der Waals surface area contributed by atoms with E-state index in [0.29, 0.717) is 6.54 Å². The molecule has 7 rings (SSSR count). The molecule has 184 valence electrons. The van der Waals surface area contributed by atoms with E-state index in [-0.39, 0.29) is 12.2 Å². The summed E-state index contributed by atoms with van der Waals surface area (Å²) in [6.45, 7) is 0.557. The van der Waals surface area contributed by atoms with Gasteiger partial charge in [-0.15, -0.1) is 0 Å². The van der Waals surface area contributed by atoms with Gasteiger partial charge in [-0.3, -0.25) is 5.32 Å². The van der Waals surface area contributed by atoms with Crippen LogP contribution in [0.4, 0.5) is 5.69 Å². The van der Waals surface area contributed by atoms with Crippen LogP contribution in [0.3, 0.4) is 0 Å². The Hall–Kier alpha value is -4.44. The molecule has 2 atom stereocenters. The lowest BCUT2D eigenvalue weighted by Gasteiger charge is -2.35. The first-order valence-corrected chi connectivity index (χ1v) is 13.2. The first kappa shape index (κ1) is 22.7. The maximum atomic E-state index is 5.85. The highest BCUT2D eigenvalue weighted by Crippen LogP contribution is 2.38. The van der Waals surface area contributed by atoms with Crippen molar-refractivity contribution in [1.82, 2.24) is 5.32 Å². The topological polar surface area (TPSA) is 50.1 Å². The molecule has 0 aliphatic carbocycles. The van der Waals surface area contributed by atoms with E-state index >= 15 is 0 Å². The summed E-state index contributed by atoms with van der Waals surface area (Å²) in [7, 11) is 0. The molecule has 1 heterocycles. The number of nitrogens with two attached hydrogens (primary N) is 1. The van der Waals surface area contributed by atoms with E-state index in [0.717, 1.165) is 5.56 Å². The van der Waals surface area contributed by atoms with E-state index < -0.39 is 0 Å². The van der Waals surface area contributed by atoms with Gasteiger partial charge in [0, 0.05) is 12.2 Å². The minimum absolute atomic E-state index is 0.00959. The SMILES string of the molecule is NCc1ccc2cc(C3Nc4ccccc4C(c4ccc5cc(-c6ccccc6)ccc5c4)N3)ccc2c1. The van der Waals surface area contributed by atoms with E-state index in [1.54, 1.807) is 0 Å². The van der Waals surface area contributed by atoms with Crippen LogP contribution in [0, 0.1) is 0 Å². The monoisotopic (exact) mass is 491 g/mol. The molecule has 0 fully saturated rings. The Labute approximate surface area is 222 Å². The first-order valence-electron chi connectivity index (χ1n) is 13.2. The van der Waals surface area contributed by atoms with E-state index in [9.17, 15) is 0 Å². The second-order valence-electron chi connectivity index (χ2n) is 10.1. The minimum atomic E-state index is -0.00959. The van der Waals surface area contributed by atoms with Gasteiger partial charge >= 0.3 is 0 Å². The average molecular weight is 492 g/mol. The normalized spacial score (nSPS) is 16.8. The molecule has 0 saturated carbocycles. The minimum Gasteiger partial charge on any atom is -0.366 e. The summed E-state index contributed by atoms with van der Waals surface area (Å²) in [6, 6.07) is 46.0. The highest BCUT2D eigenvalue weighted by molar-refractivity contribution is 5.88. The zero-order chi connectivity index (χ0) is 25.5. The fourth-order valence-electron chi connectivity index (χ4n) is 5.66. The number of hydrogen-bond acceptors (Lipinski definition) is 3. The van der Waals surface area contributed by atoms with Gasteiger partial charge in [-0.25, -0.2) is 0 Å². The third-order valence-corrected chi connectivity index (χ3v) is 7.71. The van der Waals surface area contributed by atoms with Crippen LogP contribution in [0.15, 0.2) is 127 Å². The number of nitrogens with one attached hydrogen (secondary N) is 2. The largest absolute Gasteiger partial charge is 0.366 e. The van der Waals surface area contributed by atoms with E-state index in [4.69, 9.17) is 5.73 Å². The number of fused-ring (bicyclic) bond motifs is 3. The Kier molecular flexibility index (Phi) is 5.66. The number of benzene rings is 6. The van der Waals surface area contributed by atoms with Crippen molar-refractivity contribution in [2.24, 2.45) is 5.73 Å². The zero-order valence-electron chi connectivity index (χ0n) is 21.1. The molecular weight excluding hydrogens is 462 g/mol. The molecule has 1 aliphatic heterocycles. The van der Waals surface area contributed by atoms with Crippen LogP contribution >= 0.6 is 0 Å². The molecule has 38 heavy (non-hydrogen) atoms. The van der Waals surface area contributed by atoms with Crippen LogP contribution in [0.1, 0.15) is 34.5 Å². The van der Waals surface area contributed by atoms with Crippen molar-refractivity contribution in [3.8, 4) is 11.1 Å². The maximum Gasteiger partial charge on any atom is 0.104 e. The highest BCUT2D eigenvalue weighted by atomic mass is 15.2. The number of rotatable bonds is 4. The van der Waals surface area contributed by atoms with Crippen molar-refractivity contribution in [1.29, 1.82) is 0 Å². The van der Waals surface area contributed by atoms with Crippen molar-refractivity contribution >= 4 is 27.2 Å². The molecular formula is C35H29N3. The van der Waals surface area contributed by atoms with Crippen molar-refractivity contribution in [3.05, 3.63) is 150 Å². The predicted molar refractivity (Wildman–Crippen MR) is 159 cm³/mol. The molecule has 3 heteroatoms. The molecule has 0 aromatic heterocycles. The highest BCUT2D eigenvalue weighted by Gasteiger charge is 2.28. The summed E-state index contributed by atoms with van der Waals surface area (Å²) in [5.41, 5.74) is 14.4. The summed E-state index contributed by atoms with van der Waals surface area (Å²) in [5.74, 6) is 0. The Morgan fingerprint density at radius 2 is 1.21 bits per heavy atom. The van der Waals surface area contributed by atoms with Gasteiger partial charge in [-0.2, -0.15) is 0 Å². The smallest absolute Gasteiger partial charge is 0.104 e. The second-order valence-corrected chi connectivity index (χ2v) is 10.1. The van der Waals surface area contributed by atoms with Gasteiger partial charge in [0.1, 0.15) is 6.17 Å². The predicted octanol–water partition coefficient (Wildman–Crippen LogP) is 7.92. The van der Waals surface area contributed by atoms with Crippen LogP contribution in [0.2, 0.25) is 0 Å². The van der Waals surface area contributed by atoms with Crippen LogP contribution in [-0.4, -0.2) is 0 Å². The molecule has 0 saturated heterocycles. The summed E-state index contributed by atoms with van der Waals surface area (Å²) in [4.78, 5) is 0. The lowest BCUT2D eigenvalue weighted by atomic mass is 9.91. The van der Waals surface area contributed by atoms with E-state index in [1.807, 2.05) is 0 Å². The molecule has 6 aromatic rings. The molecule has 0 spiro atoms. The first-order chi connectivity index (χ1) is 18.7. The van der Waals surface area contributed by atoms with Gasteiger partial charge in [0.15, 0.2) is 0 Å². The third kappa shape index (κ3) is 4.12. The van der Waals surface area contributed by atoms with E-state index in [2.05, 4.69) is 138 Å². The molecule has 4 N–H and O–H groups in total. The fourth-order valence-corrected chi connectivity index (χ4v) is 5.66. The number of hydrogen-bond donors (Lipinski definition) is 3. The van der Waals surface area contributed by atoms with Crippen LogP contribution in [0.5, 0.6) is 0 Å². The van der Waals surface area contributed by atoms with Crippen LogP contribution in [-0.2, 0) is 6.54 Å². The summed E-state index contributed by atoms with van der Waals surface area (Å²) >= 11 is 0. The van der Waals surface area contributed by atoms with Crippen molar-refractivity contribution in [3.63, 3.8) is 0 Å². The molecule has 0 amide bonds. The summed E-state index contributed by atoms with van der Waals surface area (Å²) in [5, 5.41) is 12.6. The lowest BCUT2D eigenvalue weighted by molar-refractivity contribution is 0.507. The van der Waals surface area contributed by atoms with Crippen LogP contribution < -0.4 is 16.4 Å². The van der Waals surface area contributed by atoms with Gasteiger partial charge in [-0.1, -0.05) is 97.1 Å². The fraction of sp³-hybridized carbons (Fsp3) is 0.0857. The maximum absolute atomic E-state index is 5.85. The molecule has 0 radical (unpaired) electrons. The van der Waals surface area contributed by atoms with Crippen LogP contribution in [0.25, 0.3) is 32.7 Å². The second kappa shape index (κ2) is 9.46. The van der Waals surface area contributed by atoms with Crippen molar-refractivity contribution in [2.75, 3.05) is 5.32 Å². The third-order valence-electron chi connectivity index (χ3n) is 7.71. The standard InChI is InChI=1S/C35H29N3/c36-22-23-10-11-27-21-31(17-15-25(27)18-23)35-37-33-9-5-4-8-32(33)34(38-35)30-16-14-28-19-26(12-13-29(28)20-30)24-6-2-1-3-7-24/h1-21,34-35,37-38H,22,36H2. The Morgan fingerprint density at radius 3 is 2.05 bits per heavy atom. The van der Waals surface area contributed by atoms with E-state index in [1.165, 1.54) is 55.0 Å². The molecule has 3 nitrogen and oxygen atoms in total. The molecule has 6 aromatic carbocycles. The van der Waals surface area contributed by atoms with Gasteiger partial charge in [-0.05, 0) is 85.3 Å². The van der Waals surface area contributed by atoms with Crippen molar-refractivity contribution in [2.45, 2.75) is 18.8 Å². The Bertz CT molecular complexity index is 1770. The quantitative estimate of drug-likeness (QED) is 0.235. The molecule has 0 bridgehead atoms. The molecule has 2 unspecified atom stereocenters. The van der Waals surface area contributed by atoms with Gasteiger partial charge in [0.2, 0.25) is 0 Å². The molecule has 1 aliphatic rings.